The Morgan fingerprint density at radius 1 is 1.48 bits per heavy atom. The summed E-state index contributed by atoms with van der Waals surface area (Å²) in [6, 6.07) is 2.82. The van der Waals surface area contributed by atoms with Crippen LogP contribution in [0.1, 0.15) is 19.3 Å². The van der Waals surface area contributed by atoms with Crippen molar-refractivity contribution >= 4 is 17.7 Å². The Morgan fingerprint density at radius 2 is 2.19 bits per heavy atom. The number of rotatable bonds is 6. The monoisotopic (exact) mass is 296 g/mol. The van der Waals surface area contributed by atoms with Crippen molar-refractivity contribution in [3.8, 4) is 5.75 Å². The van der Waals surface area contributed by atoms with Gasteiger partial charge in [-0.3, -0.25) is 4.79 Å². The van der Waals surface area contributed by atoms with Crippen molar-refractivity contribution in [1.82, 2.24) is 5.32 Å². The Labute approximate surface area is 121 Å². The second-order valence-electron chi connectivity index (χ2n) is 4.98. The summed E-state index contributed by atoms with van der Waals surface area (Å²) in [5.41, 5.74) is 0.321. The number of carbonyl (C=O) groups is 2. The molecular weight excluding hydrogens is 279 g/mol. The van der Waals surface area contributed by atoms with Crippen molar-refractivity contribution in [1.29, 1.82) is 0 Å². The lowest BCUT2D eigenvalue weighted by Crippen LogP contribution is -2.40. The molecule has 3 N–H and O–H groups in total. The Bertz CT molecular complexity index is 546. The smallest absolute Gasteiger partial charge is 0.319 e. The lowest BCUT2D eigenvalue weighted by molar-refractivity contribution is -0.137. The lowest BCUT2D eigenvalue weighted by Gasteiger charge is -2.17. The molecule has 0 heterocycles. The highest BCUT2D eigenvalue weighted by Crippen LogP contribution is 2.34. The Hall–Kier alpha value is -2.31. The molecule has 0 bridgehead atoms. The molecule has 0 aromatic heterocycles. The quantitative estimate of drug-likeness (QED) is 0.751. The fourth-order valence-corrected chi connectivity index (χ4v) is 2.12. The van der Waals surface area contributed by atoms with E-state index in [0.717, 1.165) is 18.9 Å². The third kappa shape index (κ3) is 4.34. The van der Waals surface area contributed by atoms with Crippen LogP contribution in [0.4, 0.5) is 14.9 Å². The van der Waals surface area contributed by atoms with Crippen LogP contribution >= 0.6 is 0 Å². The van der Waals surface area contributed by atoms with Gasteiger partial charge in [0.2, 0.25) is 0 Å². The van der Waals surface area contributed by atoms with E-state index in [4.69, 9.17) is 9.84 Å². The van der Waals surface area contributed by atoms with E-state index in [1.165, 1.54) is 19.2 Å². The summed E-state index contributed by atoms with van der Waals surface area (Å²) >= 11 is 0. The van der Waals surface area contributed by atoms with Gasteiger partial charge < -0.3 is 20.5 Å². The normalized spacial score (nSPS) is 15.1. The zero-order valence-corrected chi connectivity index (χ0v) is 11.6. The molecule has 1 unspecified atom stereocenters. The molecule has 2 rings (SSSR count). The van der Waals surface area contributed by atoms with E-state index in [2.05, 4.69) is 10.6 Å². The second-order valence-corrected chi connectivity index (χ2v) is 4.98. The van der Waals surface area contributed by atoms with E-state index in [1.54, 1.807) is 0 Å². The van der Waals surface area contributed by atoms with Crippen LogP contribution in [0.3, 0.4) is 0 Å². The maximum atomic E-state index is 13.1. The van der Waals surface area contributed by atoms with Crippen molar-refractivity contribution in [2.75, 3.05) is 12.4 Å². The summed E-state index contributed by atoms with van der Waals surface area (Å²) in [6.07, 6.45) is 1.72. The molecule has 1 atom stereocenters. The molecular formula is C14H17FN2O4. The van der Waals surface area contributed by atoms with Gasteiger partial charge in [0, 0.05) is 12.1 Å². The molecule has 1 aromatic rings. The molecule has 0 radical (unpaired) electrons. The van der Waals surface area contributed by atoms with Crippen LogP contribution in [-0.4, -0.2) is 30.3 Å². The van der Waals surface area contributed by atoms with Crippen molar-refractivity contribution in [3.05, 3.63) is 24.0 Å². The van der Waals surface area contributed by atoms with Gasteiger partial charge in [0.1, 0.15) is 11.6 Å². The molecule has 1 aliphatic carbocycles. The molecule has 0 saturated heterocycles. The predicted octanol–water partition coefficient (Wildman–Crippen LogP) is 2.21. The van der Waals surface area contributed by atoms with Gasteiger partial charge >= 0.3 is 12.0 Å². The van der Waals surface area contributed by atoms with Crippen molar-refractivity contribution in [3.63, 3.8) is 0 Å². The van der Waals surface area contributed by atoms with Gasteiger partial charge in [-0.25, -0.2) is 9.18 Å². The topological polar surface area (TPSA) is 87.7 Å². The van der Waals surface area contributed by atoms with Crippen LogP contribution in [0, 0.1) is 11.7 Å². The minimum Gasteiger partial charge on any atom is -0.494 e. The minimum absolute atomic E-state index is 0.112. The highest BCUT2D eigenvalue weighted by atomic mass is 19.1. The minimum atomic E-state index is -0.952. The predicted molar refractivity (Wildman–Crippen MR) is 73.9 cm³/mol. The molecule has 1 aliphatic rings. The maximum absolute atomic E-state index is 13.1. The fourth-order valence-electron chi connectivity index (χ4n) is 2.12. The molecule has 0 aliphatic heterocycles. The first-order valence-electron chi connectivity index (χ1n) is 6.62. The van der Waals surface area contributed by atoms with Crippen LogP contribution in [-0.2, 0) is 4.79 Å². The zero-order valence-electron chi connectivity index (χ0n) is 11.6. The van der Waals surface area contributed by atoms with E-state index >= 15 is 0 Å². The summed E-state index contributed by atoms with van der Waals surface area (Å²) < 4.78 is 18.0. The van der Waals surface area contributed by atoms with Gasteiger partial charge in [-0.1, -0.05) is 0 Å². The van der Waals surface area contributed by atoms with E-state index < -0.39 is 23.9 Å². The van der Waals surface area contributed by atoms with Crippen molar-refractivity contribution in [2.45, 2.75) is 25.3 Å². The molecule has 21 heavy (non-hydrogen) atoms. The third-order valence-corrected chi connectivity index (χ3v) is 3.31. The summed E-state index contributed by atoms with van der Waals surface area (Å²) in [5, 5.41) is 14.0. The number of hydrogen-bond acceptors (Lipinski definition) is 3. The summed E-state index contributed by atoms with van der Waals surface area (Å²) in [7, 11) is 1.37. The number of halogens is 1. The van der Waals surface area contributed by atoms with E-state index in [1.807, 2.05) is 0 Å². The number of anilines is 1. The molecule has 0 spiro atoms. The van der Waals surface area contributed by atoms with Gasteiger partial charge in [0.25, 0.3) is 0 Å². The number of ether oxygens (including phenoxy) is 1. The van der Waals surface area contributed by atoms with Crippen LogP contribution in [0.2, 0.25) is 0 Å². The highest BCUT2D eigenvalue weighted by Gasteiger charge is 2.33. The molecule has 114 valence electrons. The number of methoxy groups -OCH3 is 1. The third-order valence-electron chi connectivity index (χ3n) is 3.31. The summed E-state index contributed by atoms with van der Waals surface area (Å²) in [6.45, 7) is 0. The number of carbonyl (C=O) groups excluding carboxylic acids is 1. The van der Waals surface area contributed by atoms with Crippen molar-refractivity contribution < 1.29 is 23.8 Å². The average molecular weight is 296 g/mol. The number of benzene rings is 1. The van der Waals surface area contributed by atoms with E-state index in [-0.39, 0.29) is 18.1 Å². The second kappa shape index (κ2) is 6.43. The number of aliphatic carboxylic acids is 1. The van der Waals surface area contributed by atoms with Gasteiger partial charge in [-0.05, 0) is 30.9 Å². The SMILES string of the molecule is COc1cc(F)ccc1NC(=O)NC(CC(=O)O)C1CC1. The van der Waals surface area contributed by atoms with Gasteiger partial charge in [-0.2, -0.15) is 0 Å². The number of nitrogens with one attached hydrogen (secondary N) is 2. The zero-order chi connectivity index (χ0) is 15.4. The molecule has 2 amide bonds. The number of urea groups is 1. The average Bonchev–Trinajstić information content (AvgIpc) is 3.24. The standard InChI is InChI=1S/C14H17FN2O4/c1-21-12-6-9(15)4-5-10(12)16-14(20)17-11(7-13(18)19)8-2-3-8/h4-6,8,11H,2-3,7H2,1H3,(H,18,19)(H2,16,17,20). The van der Waals surface area contributed by atoms with Crippen LogP contribution < -0.4 is 15.4 Å². The Kier molecular flexibility index (Phi) is 4.62. The number of amides is 2. The Morgan fingerprint density at radius 3 is 2.76 bits per heavy atom. The lowest BCUT2D eigenvalue weighted by atomic mass is 10.1. The molecule has 6 nitrogen and oxygen atoms in total. The largest absolute Gasteiger partial charge is 0.494 e. The molecule has 1 aromatic carbocycles. The van der Waals surface area contributed by atoms with Crippen LogP contribution in [0.5, 0.6) is 5.75 Å². The molecule has 1 saturated carbocycles. The molecule has 1 fully saturated rings. The van der Waals surface area contributed by atoms with Crippen LogP contribution in [0.15, 0.2) is 18.2 Å². The summed E-state index contributed by atoms with van der Waals surface area (Å²) in [4.78, 5) is 22.7. The van der Waals surface area contributed by atoms with E-state index in [0.29, 0.717) is 5.69 Å². The van der Waals surface area contributed by atoms with E-state index in [9.17, 15) is 14.0 Å². The first kappa shape index (κ1) is 15.1. The first-order valence-corrected chi connectivity index (χ1v) is 6.62. The number of carboxylic acid groups (broad SMARTS) is 1. The number of carboxylic acids is 1. The van der Waals surface area contributed by atoms with Gasteiger partial charge in [0.15, 0.2) is 0 Å². The summed E-state index contributed by atoms with van der Waals surface area (Å²) in [5.74, 6) is -1.01. The van der Waals surface area contributed by atoms with Gasteiger partial charge in [-0.15, -0.1) is 0 Å². The Balaban J connectivity index is 1.98. The maximum Gasteiger partial charge on any atom is 0.319 e. The van der Waals surface area contributed by atoms with Crippen LogP contribution in [0.25, 0.3) is 0 Å². The molecule has 7 heteroatoms. The highest BCUT2D eigenvalue weighted by molar-refractivity contribution is 5.91. The first-order chi connectivity index (χ1) is 9.99. The van der Waals surface area contributed by atoms with Gasteiger partial charge in [0.05, 0.1) is 19.2 Å². The number of hydrogen-bond donors (Lipinski definition) is 3. The van der Waals surface area contributed by atoms with Crippen molar-refractivity contribution in [2.24, 2.45) is 5.92 Å². The fraction of sp³-hybridized carbons (Fsp3) is 0.429.